The lowest BCUT2D eigenvalue weighted by atomic mass is 10.1. The summed E-state index contributed by atoms with van der Waals surface area (Å²) in [4.78, 5) is 16.0. The predicted octanol–water partition coefficient (Wildman–Crippen LogP) is 2.99. The van der Waals surface area contributed by atoms with Gasteiger partial charge in [0.1, 0.15) is 0 Å². The summed E-state index contributed by atoms with van der Waals surface area (Å²) in [5.74, 6) is 1.01. The van der Waals surface area contributed by atoms with E-state index in [1.54, 1.807) is 12.1 Å². The third kappa shape index (κ3) is 6.86. The third-order valence-electron chi connectivity index (χ3n) is 3.11. The Labute approximate surface area is 152 Å². The van der Waals surface area contributed by atoms with Gasteiger partial charge in [-0.05, 0) is 44.5 Å². The molecule has 132 valence electrons. The first-order valence-corrected chi connectivity index (χ1v) is 7.85. The number of carbonyl (C=O) groups excluding carboxylic acids is 1. The Morgan fingerprint density at radius 2 is 2.00 bits per heavy atom. The van der Waals surface area contributed by atoms with Gasteiger partial charge in [-0.3, -0.25) is 4.79 Å². The standard InChI is InChI=1S/C16H21ClN4O2.ClH/c1-16(2,18)10-19-13(22)4-3-5-14-20-15(21-23-14)11-6-8-12(17)9-7-11;/h6-9H,3-5,10,18H2,1-2H3,(H,19,22);1H. The van der Waals surface area contributed by atoms with E-state index in [0.29, 0.717) is 42.5 Å². The molecule has 1 amide bonds. The van der Waals surface area contributed by atoms with Crippen LogP contribution >= 0.6 is 24.0 Å². The van der Waals surface area contributed by atoms with Gasteiger partial charge in [0.15, 0.2) is 0 Å². The molecule has 0 fully saturated rings. The molecule has 0 saturated carbocycles. The molecule has 2 aromatic rings. The number of benzene rings is 1. The van der Waals surface area contributed by atoms with Crippen LogP contribution in [0, 0.1) is 0 Å². The maximum absolute atomic E-state index is 11.7. The van der Waals surface area contributed by atoms with Crippen molar-refractivity contribution in [1.29, 1.82) is 0 Å². The lowest BCUT2D eigenvalue weighted by Crippen LogP contribution is -2.45. The number of hydrogen-bond acceptors (Lipinski definition) is 5. The highest BCUT2D eigenvalue weighted by Crippen LogP contribution is 2.19. The zero-order valence-electron chi connectivity index (χ0n) is 13.7. The van der Waals surface area contributed by atoms with E-state index in [1.165, 1.54) is 0 Å². The van der Waals surface area contributed by atoms with Crippen molar-refractivity contribution in [2.75, 3.05) is 6.54 Å². The van der Waals surface area contributed by atoms with E-state index >= 15 is 0 Å². The normalized spacial score (nSPS) is 11.0. The molecule has 3 N–H and O–H groups in total. The summed E-state index contributed by atoms with van der Waals surface area (Å²) in [7, 11) is 0. The van der Waals surface area contributed by atoms with Gasteiger partial charge in [-0.25, -0.2) is 0 Å². The van der Waals surface area contributed by atoms with Crippen LogP contribution in [0.3, 0.4) is 0 Å². The number of hydrogen-bond donors (Lipinski definition) is 2. The summed E-state index contributed by atoms with van der Waals surface area (Å²) in [6.07, 6.45) is 1.59. The molecule has 24 heavy (non-hydrogen) atoms. The van der Waals surface area contributed by atoms with Crippen LogP contribution in [0.4, 0.5) is 0 Å². The Kier molecular flexibility index (Phi) is 7.66. The summed E-state index contributed by atoms with van der Waals surface area (Å²) in [6, 6.07) is 7.21. The molecule has 0 aliphatic carbocycles. The molecule has 1 heterocycles. The molecule has 1 aromatic carbocycles. The van der Waals surface area contributed by atoms with Crippen LogP contribution in [0.1, 0.15) is 32.6 Å². The van der Waals surface area contributed by atoms with Crippen molar-refractivity contribution in [2.45, 2.75) is 38.6 Å². The van der Waals surface area contributed by atoms with E-state index < -0.39 is 5.54 Å². The summed E-state index contributed by atoms with van der Waals surface area (Å²) < 4.78 is 5.20. The fourth-order valence-electron chi connectivity index (χ4n) is 1.89. The van der Waals surface area contributed by atoms with Crippen LogP contribution < -0.4 is 11.1 Å². The fraction of sp³-hybridized carbons (Fsp3) is 0.438. The van der Waals surface area contributed by atoms with E-state index in [2.05, 4.69) is 15.5 Å². The van der Waals surface area contributed by atoms with E-state index in [-0.39, 0.29) is 18.3 Å². The molecular formula is C16H22Cl2N4O2. The number of rotatable bonds is 7. The number of aryl methyl sites for hydroxylation is 1. The van der Waals surface area contributed by atoms with Crippen LogP contribution in [0.15, 0.2) is 28.8 Å². The molecule has 0 atom stereocenters. The number of aromatic nitrogens is 2. The number of nitrogens with two attached hydrogens (primary N) is 1. The lowest BCUT2D eigenvalue weighted by Gasteiger charge is -2.18. The Morgan fingerprint density at radius 3 is 2.62 bits per heavy atom. The molecule has 6 nitrogen and oxygen atoms in total. The summed E-state index contributed by atoms with van der Waals surface area (Å²) in [6.45, 7) is 4.18. The van der Waals surface area contributed by atoms with E-state index in [1.807, 2.05) is 26.0 Å². The van der Waals surface area contributed by atoms with Crippen molar-refractivity contribution in [3.8, 4) is 11.4 Å². The predicted molar refractivity (Wildman–Crippen MR) is 96.2 cm³/mol. The van der Waals surface area contributed by atoms with Crippen LogP contribution in [0.5, 0.6) is 0 Å². The van der Waals surface area contributed by atoms with Gasteiger partial charge in [0.25, 0.3) is 0 Å². The Hall–Kier alpha value is -1.63. The van der Waals surface area contributed by atoms with E-state index in [4.69, 9.17) is 21.9 Å². The molecule has 0 radical (unpaired) electrons. The SMILES string of the molecule is CC(C)(N)CNC(=O)CCCc1nc(-c2ccc(Cl)cc2)no1.Cl. The van der Waals surface area contributed by atoms with Crippen molar-refractivity contribution in [3.63, 3.8) is 0 Å². The zero-order chi connectivity index (χ0) is 16.9. The topological polar surface area (TPSA) is 94.0 Å². The third-order valence-corrected chi connectivity index (χ3v) is 3.36. The Morgan fingerprint density at radius 1 is 1.33 bits per heavy atom. The smallest absolute Gasteiger partial charge is 0.226 e. The lowest BCUT2D eigenvalue weighted by molar-refractivity contribution is -0.121. The second kappa shape index (κ2) is 9.01. The molecule has 2 rings (SSSR count). The van der Waals surface area contributed by atoms with Crippen molar-refractivity contribution in [2.24, 2.45) is 5.73 Å². The fourth-order valence-corrected chi connectivity index (χ4v) is 2.01. The highest BCUT2D eigenvalue weighted by atomic mass is 35.5. The quantitative estimate of drug-likeness (QED) is 0.778. The van der Waals surface area contributed by atoms with E-state index in [9.17, 15) is 4.79 Å². The number of amides is 1. The van der Waals surface area contributed by atoms with Crippen LogP contribution in [0.2, 0.25) is 5.02 Å². The van der Waals surface area contributed by atoms with Gasteiger partial charge in [0, 0.05) is 35.5 Å². The Balaban J connectivity index is 0.00000288. The first-order valence-electron chi connectivity index (χ1n) is 7.47. The number of halogens is 2. The number of nitrogens with one attached hydrogen (secondary N) is 1. The summed E-state index contributed by atoms with van der Waals surface area (Å²) in [5, 5.41) is 7.39. The van der Waals surface area contributed by atoms with E-state index in [0.717, 1.165) is 5.56 Å². The minimum Gasteiger partial charge on any atom is -0.354 e. The van der Waals surface area contributed by atoms with Gasteiger partial charge < -0.3 is 15.6 Å². The van der Waals surface area contributed by atoms with Crippen molar-refractivity contribution < 1.29 is 9.32 Å². The van der Waals surface area contributed by atoms with Gasteiger partial charge in [0.2, 0.25) is 17.6 Å². The van der Waals surface area contributed by atoms with Crippen LogP contribution in [-0.4, -0.2) is 28.1 Å². The van der Waals surface area contributed by atoms with Crippen LogP contribution in [0.25, 0.3) is 11.4 Å². The second-order valence-corrected chi connectivity index (χ2v) is 6.57. The average molecular weight is 373 g/mol. The van der Waals surface area contributed by atoms with Gasteiger partial charge in [-0.1, -0.05) is 16.8 Å². The monoisotopic (exact) mass is 372 g/mol. The molecule has 0 aliphatic heterocycles. The molecule has 0 aliphatic rings. The summed E-state index contributed by atoms with van der Waals surface area (Å²) >= 11 is 5.85. The molecule has 0 saturated heterocycles. The van der Waals surface area contributed by atoms with Gasteiger partial charge >= 0.3 is 0 Å². The zero-order valence-corrected chi connectivity index (χ0v) is 15.3. The average Bonchev–Trinajstić information content (AvgIpc) is 2.94. The molecule has 0 bridgehead atoms. The first kappa shape index (κ1) is 20.4. The minimum absolute atomic E-state index is 0. The highest BCUT2D eigenvalue weighted by Gasteiger charge is 2.13. The number of nitrogens with zero attached hydrogens (tertiary/aromatic N) is 2. The molecule has 0 unspecified atom stereocenters. The Bertz CT molecular complexity index is 651. The van der Waals surface area contributed by atoms with Crippen molar-refractivity contribution in [1.82, 2.24) is 15.5 Å². The second-order valence-electron chi connectivity index (χ2n) is 6.14. The summed E-state index contributed by atoms with van der Waals surface area (Å²) in [5.41, 5.74) is 6.25. The molecule has 8 heteroatoms. The molecular weight excluding hydrogens is 351 g/mol. The maximum Gasteiger partial charge on any atom is 0.226 e. The van der Waals surface area contributed by atoms with Crippen molar-refractivity contribution >= 4 is 29.9 Å². The highest BCUT2D eigenvalue weighted by molar-refractivity contribution is 6.30. The van der Waals surface area contributed by atoms with Crippen molar-refractivity contribution in [3.05, 3.63) is 35.2 Å². The van der Waals surface area contributed by atoms with Gasteiger partial charge in [0.05, 0.1) is 0 Å². The van der Waals surface area contributed by atoms with Gasteiger partial charge in [-0.2, -0.15) is 4.98 Å². The first-order chi connectivity index (χ1) is 10.8. The largest absolute Gasteiger partial charge is 0.354 e. The minimum atomic E-state index is -0.407. The number of carbonyl (C=O) groups is 1. The maximum atomic E-state index is 11.7. The molecule has 1 aromatic heterocycles. The van der Waals surface area contributed by atoms with Gasteiger partial charge in [-0.15, -0.1) is 12.4 Å². The van der Waals surface area contributed by atoms with Crippen LogP contribution in [-0.2, 0) is 11.2 Å². The molecule has 0 spiro atoms.